The van der Waals surface area contributed by atoms with E-state index >= 15 is 0 Å². The zero-order valence-electron chi connectivity index (χ0n) is 8.46. The minimum atomic E-state index is -4.51. The average Bonchev–Trinajstić information content (AvgIpc) is 2.95. The van der Waals surface area contributed by atoms with E-state index in [9.17, 15) is 18.0 Å². The molecular weight excluding hydrogens is 257 g/mol. The summed E-state index contributed by atoms with van der Waals surface area (Å²) in [7, 11) is 0. The summed E-state index contributed by atoms with van der Waals surface area (Å²) in [5.74, 6) is -2.32. The monoisotopic (exact) mass is 264 g/mol. The van der Waals surface area contributed by atoms with E-state index in [1.807, 2.05) is 0 Å². The van der Waals surface area contributed by atoms with Gasteiger partial charge >= 0.3 is 12.1 Å². The van der Waals surface area contributed by atoms with Gasteiger partial charge in [-0.2, -0.15) is 13.2 Å². The molecule has 1 saturated carbocycles. The topological polar surface area (TPSA) is 37.3 Å². The van der Waals surface area contributed by atoms with Gasteiger partial charge in [-0.1, -0.05) is 17.7 Å². The lowest BCUT2D eigenvalue weighted by Gasteiger charge is -2.12. The Morgan fingerprint density at radius 3 is 2.53 bits per heavy atom. The van der Waals surface area contributed by atoms with Crippen LogP contribution >= 0.6 is 11.6 Å². The van der Waals surface area contributed by atoms with Crippen LogP contribution < -0.4 is 0 Å². The Morgan fingerprint density at radius 1 is 1.41 bits per heavy atom. The van der Waals surface area contributed by atoms with Crippen molar-refractivity contribution in [1.29, 1.82) is 0 Å². The zero-order valence-corrected chi connectivity index (χ0v) is 9.22. The fourth-order valence-corrected chi connectivity index (χ4v) is 2.08. The van der Waals surface area contributed by atoms with Crippen LogP contribution in [0.1, 0.15) is 23.5 Å². The van der Waals surface area contributed by atoms with Crippen molar-refractivity contribution in [3.63, 3.8) is 0 Å². The Balaban J connectivity index is 2.39. The van der Waals surface area contributed by atoms with Crippen LogP contribution in [0.5, 0.6) is 0 Å². The van der Waals surface area contributed by atoms with Crippen molar-refractivity contribution in [3.8, 4) is 0 Å². The van der Waals surface area contributed by atoms with Crippen LogP contribution in [-0.2, 0) is 11.0 Å². The summed E-state index contributed by atoms with van der Waals surface area (Å²) in [6.45, 7) is 0. The van der Waals surface area contributed by atoms with Crippen LogP contribution in [0.25, 0.3) is 0 Å². The summed E-state index contributed by atoms with van der Waals surface area (Å²) in [4.78, 5) is 10.7. The Morgan fingerprint density at radius 2 is 2.06 bits per heavy atom. The highest BCUT2D eigenvalue weighted by Gasteiger charge is 2.48. The van der Waals surface area contributed by atoms with Crippen molar-refractivity contribution in [2.24, 2.45) is 5.92 Å². The molecule has 1 aliphatic rings. The van der Waals surface area contributed by atoms with Crippen LogP contribution in [0.4, 0.5) is 13.2 Å². The fraction of sp³-hybridized carbons (Fsp3) is 0.364. The smallest absolute Gasteiger partial charge is 0.416 e. The molecule has 0 amide bonds. The number of carboxylic acid groups (broad SMARTS) is 1. The molecular formula is C11H8ClF3O2. The van der Waals surface area contributed by atoms with E-state index in [-0.39, 0.29) is 17.0 Å². The second-order valence-corrected chi connectivity index (χ2v) is 4.45. The predicted molar refractivity (Wildman–Crippen MR) is 54.9 cm³/mol. The third kappa shape index (κ3) is 2.39. The molecule has 0 aliphatic heterocycles. The van der Waals surface area contributed by atoms with Crippen molar-refractivity contribution in [2.45, 2.75) is 18.5 Å². The van der Waals surface area contributed by atoms with Crippen molar-refractivity contribution in [3.05, 3.63) is 34.3 Å². The predicted octanol–water partition coefficient (Wildman–Crippen LogP) is 3.55. The van der Waals surface area contributed by atoms with E-state index < -0.39 is 29.5 Å². The SMILES string of the molecule is O=C(O)C1CC1c1ccc(Cl)cc1C(F)(F)F. The average molecular weight is 265 g/mol. The molecule has 6 heteroatoms. The maximum absolute atomic E-state index is 12.7. The number of alkyl halides is 3. The van der Waals surface area contributed by atoms with Crippen LogP contribution in [-0.4, -0.2) is 11.1 Å². The summed E-state index contributed by atoms with van der Waals surface area (Å²) < 4.78 is 38.2. The minimum Gasteiger partial charge on any atom is -0.481 e. The number of halogens is 4. The molecule has 0 saturated heterocycles. The maximum atomic E-state index is 12.7. The molecule has 0 bridgehead atoms. The van der Waals surface area contributed by atoms with Gasteiger partial charge in [0.1, 0.15) is 0 Å². The maximum Gasteiger partial charge on any atom is 0.416 e. The molecule has 17 heavy (non-hydrogen) atoms. The second-order valence-electron chi connectivity index (χ2n) is 4.02. The van der Waals surface area contributed by atoms with Crippen LogP contribution in [0, 0.1) is 5.92 Å². The zero-order chi connectivity index (χ0) is 12.8. The number of carbonyl (C=O) groups is 1. The van der Waals surface area contributed by atoms with Gasteiger partial charge in [0, 0.05) is 5.02 Å². The van der Waals surface area contributed by atoms with Gasteiger partial charge in [0.2, 0.25) is 0 Å². The number of hydrogen-bond donors (Lipinski definition) is 1. The first-order valence-electron chi connectivity index (χ1n) is 4.90. The van der Waals surface area contributed by atoms with Crippen LogP contribution in [0.15, 0.2) is 18.2 Å². The molecule has 1 aromatic rings. The van der Waals surface area contributed by atoms with Crippen molar-refractivity contribution in [2.75, 3.05) is 0 Å². The lowest BCUT2D eigenvalue weighted by molar-refractivity contribution is -0.140. The molecule has 92 valence electrons. The van der Waals surface area contributed by atoms with Gasteiger partial charge in [-0.15, -0.1) is 0 Å². The summed E-state index contributed by atoms with van der Waals surface area (Å²) in [6, 6.07) is 3.45. The normalized spacial score (nSPS) is 23.5. The molecule has 2 nitrogen and oxygen atoms in total. The molecule has 1 aromatic carbocycles. The van der Waals surface area contributed by atoms with Crippen molar-refractivity contribution >= 4 is 17.6 Å². The molecule has 0 spiro atoms. The largest absolute Gasteiger partial charge is 0.481 e. The van der Waals surface area contributed by atoms with Crippen LogP contribution in [0.3, 0.4) is 0 Å². The first-order valence-corrected chi connectivity index (χ1v) is 5.28. The van der Waals surface area contributed by atoms with E-state index in [1.165, 1.54) is 12.1 Å². The lowest BCUT2D eigenvalue weighted by Crippen LogP contribution is -2.10. The molecule has 1 N–H and O–H groups in total. The van der Waals surface area contributed by atoms with E-state index in [1.54, 1.807) is 0 Å². The Labute approximate surface area is 100 Å². The third-order valence-corrected chi connectivity index (χ3v) is 3.06. The van der Waals surface area contributed by atoms with Gasteiger partial charge < -0.3 is 5.11 Å². The Kier molecular flexibility index (Phi) is 2.81. The standard InChI is InChI=1S/C11H8ClF3O2/c12-5-1-2-6(7-4-8(7)10(16)17)9(3-5)11(13,14)15/h1-3,7-8H,4H2,(H,16,17). The van der Waals surface area contributed by atoms with E-state index in [4.69, 9.17) is 16.7 Å². The lowest BCUT2D eigenvalue weighted by atomic mass is 10.0. The Bertz CT molecular complexity index is 470. The third-order valence-electron chi connectivity index (χ3n) is 2.83. The molecule has 0 radical (unpaired) electrons. The number of hydrogen-bond acceptors (Lipinski definition) is 1. The van der Waals surface area contributed by atoms with Gasteiger partial charge in [-0.05, 0) is 30.0 Å². The van der Waals surface area contributed by atoms with Gasteiger partial charge in [0.25, 0.3) is 0 Å². The highest BCUT2D eigenvalue weighted by molar-refractivity contribution is 6.30. The summed E-state index contributed by atoms with van der Waals surface area (Å²) in [5, 5.41) is 8.72. The first kappa shape index (κ1) is 12.2. The quantitative estimate of drug-likeness (QED) is 0.887. The number of rotatable bonds is 2. The molecule has 1 fully saturated rings. The molecule has 2 rings (SSSR count). The highest BCUT2D eigenvalue weighted by Crippen LogP contribution is 2.51. The van der Waals surface area contributed by atoms with Gasteiger partial charge in [-0.3, -0.25) is 4.79 Å². The van der Waals surface area contributed by atoms with Crippen LogP contribution in [0.2, 0.25) is 5.02 Å². The summed E-state index contributed by atoms with van der Waals surface area (Å²) >= 11 is 5.53. The molecule has 0 heterocycles. The Hall–Kier alpha value is -1.23. The van der Waals surface area contributed by atoms with Crippen molar-refractivity contribution in [1.82, 2.24) is 0 Å². The van der Waals surface area contributed by atoms with E-state index in [0.717, 1.165) is 6.07 Å². The van der Waals surface area contributed by atoms with E-state index in [2.05, 4.69) is 0 Å². The summed E-state index contributed by atoms with van der Waals surface area (Å²) in [6.07, 6.45) is -4.26. The van der Waals surface area contributed by atoms with Crippen molar-refractivity contribution < 1.29 is 23.1 Å². The number of benzene rings is 1. The highest BCUT2D eigenvalue weighted by atomic mass is 35.5. The molecule has 2 unspecified atom stereocenters. The molecule has 0 aromatic heterocycles. The first-order chi connectivity index (χ1) is 7.80. The fourth-order valence-electron chi connectivity index (χ4n) is 1.91. The number of aliphatic carboxylic acids is 1. The second kappa shape index (κ2) is 3.91. The van der Waals surface area contributed by atoms with E-state index in [0.29, 0.717) is 0 Å². The minimum absolute atomic E-state index is 0.00593. The number of carboxylic acids is 1. The molecule has 2 atom stereocenters. The van der Waals surface area contributed by atoms with Gasteiger partial charge in [0.15, 0.2) is 0 Å². The molecule has 1 aliphatic carbocycles. The van der Waals surface area contributed by atoms with Gasteiger partial charge in [0.05, 0.1) is 11.5 Å². The summed E-state index contributed by atoms with van der Waals surface area (Å²) in [5.41, 5.74) is -0.812. The van der Waals surface area contributed by atoms with Gasteiger partial charge in [-0.25, -0.2) is 0 Å².